The number of hydrogen-bond acceptors (Lipinski definition) is 7. The minimum atomic E-state index is -3.08. The van der Waals surface area contributed by atoms with Crippen LogP contribution in [0.1, 0.15) is 53.0 Å². The zero-order valence-electron chi connectivity index (χ0n) is 17.3. The van der Waals surface area contributed by atoms with Gasteiger partial charge in [0.15, 0.2) is 15.5 Å². The highest BCUT2D eigenvalue weighted by Gasteiger charge is 2.34. The Morgan fingerprint density at radius 3 is 2.68 bits per heavy atom. The Labute approximate surface area is 179 Å². The lowest BCUT2D eigenvalue weighted by atomic mass is 10.1. The first-order chi connectivity index (χ1) is 14.8. The van der Waals surface area contributed by atoms with Gasteiger partial charge in [-0.15, -0.1) is 0 Å². The second kappa shape index (κ2) is 7.30. The number of carbonyl (C=O) groups is 1. The number of ether oxygens (including phenoxy) is 1. The van der Waals surface area contributed by atoms with Crippen LogP contribution in [0.4, 0.5) is 5.69 Å². The van der Waals surface area contributed by atoms with E-state index < -0.39 is 9.84 Å². The van der Waals surface area contributed by atoms with Crippen LogP contribution in [0.15, 0.2) is 24.4 Å². The molecule has 5 rings (SSSR count). The monoisotopic (exact) mass is 441 g/mol. The molecular weight excluding hydrogens is 418 g/mol. The highest BCUT2D eigenvalue weighted by atomic mass is 32.2. The van der Waals surface area contributed by atoms with Crippen LogP contribution >= 0.6 is 0 Å². The maximum Gasteiger partial charge on any atom is 0.256 e. The summed E-state index contributed by atoms with van der Waals surface area (Å²) < 4.78 is 30.8. The molecule has 1 aliphatic carbocycles. The van der Waals surface area contributed by atoms with Gasteiger partial charge in [-0.2, -0.15) is 5.10 Å². The lowest BCUT2D eigenvalue weighted by Gasteiger charge is -2.12. The maximum atomic E-state index is 13.2. The number of aryl methyl sites for hydroxylation is 1. The van der Waals surface area contributed by atoms with Crippen molar-refractivity contribution >= 4 is 32.5 Å². The van der Waals surface area contributed by atoms with Crippen LogP contribution in [0.5, 0.6) is 5.88 Å². The molecule has 4 heterocycles. The molecule has 2 aliphatic rings. The quantitative estimate of drug-likeness (QED) is 0.647. The number of hydrogen-bond donors (Lipinski definition) is 1. The molecule has 1 aliphatic heterocycles. The van der Waals surface area contributed by atoms with Crippen molar-refractivity contribution in [1.29, 1.82) is 0 Å². The molecule has 3 aromatic rings. The van der Waals surface area contributed by atoms with Crippen molar-refractivity contribution in [3.63, 3.8) is 0 Å². The second-order valence-electron chi connectivity index (χ2n) is 8.20. The van der Waals surface area contributed by atoms with Crippen molar-refractivity contribution in [3.05, 3.63) is 41.3 Å². The van der Waals surface area contributed by atoms with Crippen LogP contribution in [0.25, 0.3) is 11.0 Å². The summed E-state index contributed by atoms with van der Waals surface area (Å²) in [6.07, 6.45) is 4.11. The lowest BCUT2D eigenvalue weighted by molar-refractivity contribution is 0.102. The van der Waals surface area contributed by atoms with Crippen LogP contribution in [-0.2, 0) is 9.84 Å². The third-order valence-corrected chi connectivity index (χ3v) is 7.60. The van der Waals surface area contributed by atoms with E-state index in [1.807, 2.05) is 13.0 Å². The van der Waals surface area contributed by atoms with Gasteiger partial charge in [-0.3, -0.25) is 4.79 Å². The first-order valence-corrected chi connectivity index (χ1v) is 12.1. The fourth-order valence-corrected chi connectivity index (χ4v) is 5.79. The minimum absolute atomic E-state index is 0.0532. The number of amides is 1. The van der Waals surface area contributed by atoms with Crippen LogP contribution in [0.2, 0.25) is 0 Å². The number of aromatic nitrogens is 4. The van der Waals surface area contributed by atoms with Gasteiger partial charge in [0, 0.05) is 17.7 Å². The van der Waals surface area contributed by atoms with Gasteiger partial charge < -0.3 is 10.1 Å². The Hall–Kier alpha value is -3.01. The van der Waals surface area contributed by atoms with Gasteiger partial charge in [-0.05, 0) is 38.3 Å². The molecule has 1 saturated heterocycles. The van der Waals surface area contributed by atoms with Gasteiger partial charge in [0.1, 0.15) is 0 Å². The number of rotatable bonds is 5. The summed E-state index contributed by atoms with van der Waals surface area (Å²) >= 11 is 0. The topological polar surface area (TPSA) is 116 Å². The van der Waals surface area contributed by atoms with Crippen LogP contribution in [-0.4, -0.2) is 52.7 Å². The van der Waals surface area contributed by atoms with Gasteiger partial charge in [-0.25, -0.2) is 23.1 Å². The summed E-state index contributed by atoms with van der Waals surface area (Å²) in [5.41, 5.74) is 3.14. The fraction of sp³-hybridized carbons (Fsp3) is 0.429. The van der Waals surface area contributed by atoms with Gasteiger partial charge in [0.2, 0.25) is 5.88 Å². The number of carbonyl (C=O) groups excluding carboxylic acids is 1. The average Bonchev–Trinajstić information content (AvgIpc) is 3.47. The van der Waals surface area contributed by atoms with Crippen LogP contribution < -0.4 is 10.1 Å². The zero-order valence-corrected chi connectivity index (χ0v) is 18.1. The van der Waals surface area contributed by atoms with Crippen LogP contribution in [0.3, 0.4) is 0 Å². The number of sulfone groups is 1. The Morgan fingerprint density at radius 2 is 2.06 bits per heavy atom. The third kappa shape index (κ3) is 3.76. The smallest absolute Gasteiger partial charge is 0.256 e. The van der Waals surface area contributed by atoms with E-state index in [-0.39, 0.29) is 23.5 Å². The Bertz CT molecular complexity index is 1280. The molecule has 1 atom stereocenters. The molecule has 1 N–H and O–H groups in total. The highest BCUT2D eigenvalue weighted by molar-refractivity contribution is 7.91. The van der Waals surface area contributed by atoms with Gasteiger partial charge >= 0.3 is 0 Å². The molecule has 31 heavy (non-hydrogen) atoms. The van der Waals surface area contributed by atoms with E-state index in [0.717, 1.165) is 18.5 Å². The zero-order chi connectivity index (χ0) is 21.8. The molecule has 0 aromatic carbocycles. The number of pyridine rings is 2. The Kier molecular flexibility index (Phi) is 4.69. The predicted molar refractivity (Wildman–Crippen MR) is 115 cm³/mol. The molecule has 3 aromatic heterocycles. The Balaban J connectivity index is 1.57. The number of nitrogens with zero attached hydrogens (tertiary/aromatic N) is 4. The standard InChI is InChI=1S/C21H23N5O4S/c1-12-19-16(21(27)23-14-5-6-18(30-2)22-10-14)9-17(13-3-4-13)24-20(19)26(25-12)15-7-8-31(28,29)11-15/h5-6,9-10,13,15H,3-4,7-8,11H2,1-2H3,(H,23,27)/t15-/m1/s1. The second-order valence-corrected chi connectivity index (χ2v) is 10.4. The number of nitrogens with one attached hydrogen (secondary N) is 1. The van der Waals surface area contributed by atoms with Crippen molar-refractivity contribution < 1.29 is 17.9 Å². The molecule has 9 nitrogen and oxygen atoms in total. The van der Waals surface area contributed by atoms with Crippen molar-refractivity contribution in [2.75, 3.05) is 23.9 Å². The fourth-order valence-electron chi connectivity index (χ4n) is 4.10. The summed E-state index contributed by atoms with van der Waals surface area (Å²) in [6.45, 7) is 1.83. The van der Waals surface area contributed by atoms with E-state index in [4.69, 9.17) is 9.72 Å². The van der Waals surface area contributed by atoms with Crippen molar-refractivity contribution in [1.82, 2.24) is 19.7 Å². The Morgan fingerprint density at radius 1 is 1.26 bits per heavy atom. The highest BCUT2D eigenvalue weighted by Crippen LogP contribution is 2.41. The van der Waals surface area contributed by atoms with E-state index in [1.54, 1.807) is 16.8 Å². The predicted octanol–water partition coefficient (Wildman–Crippen LogP) is 2.63. The molecule has 162 valence electrons. The minimum Gasteiger partial charge on any atom is -0.481 e. The van der Waals surface area contributed by atoms with Crippen molar-refractivity contribution in [3.8, 4) is 5.88 Å². The third-order valence-electron chi connectivity index (χ3n) is 5.85. The summed E-state index contributed by atoms with van der Waals surface area (Å²) in [5.74, 6) is 0.719. The first kappa shape index (κ1) is 19.9. The number of anilines is 1. The molecule has 2 fully saturated rings. The van der Waals surface area contributed by atoms with E-state index in [2.05, 4.69) is 15.4 Å². The number of methoxy groups -OCH3 is 1. The molecule has 1 amide bonds. The summed E-state index contributed by atoms with van der Waals surface area (Å²) in [5, 5.41) is 8.16. The summed E-state index contributed by atoms with van der Waals surface area (Å²) in [6, 6.07) is 4.99. The largest absolute Gasteiger partial charge is 0.481 e. The first-order valence-electron chi connectivity index (χ1n) is 10.3. The maximum absolute atomic E-state index is 13.2. The molecule has 10 heteroatoms. The van der Waals surface area contributed by atoms with E-state index in [1.165, 1.54) is 13.3 Å². The molecule has 0 bridgehead atoms. The molecule has 0 unspecified atom stereocenters. The normalized spacial score (nSPS) is 20.1. The summed E-state index contributed by atoms with van der Waals surface area (Å²) in [4.78, 5) is 22.2. The summed E-state index contributed by atoms with van der Waals surface area (Å²) in [7, 11) is -1.54. The van der Waals surface area contributed by atoms with Crippen molar-refractivity contribution in [2.24, 2.45) is 0 Å². The van der Waals surface area contributed by atoms with Gasteiger partial charge in [-0.1, -0.05) is 0 Å². The van der Waals surface area contributed by atoms with Crippen molar-refractivity contribution in [2.45, 2.75) is 38.1 Å². The lowest BCUT2D eigenvalue weighted by Crippen LogP contribution is -2.15. The van der Waals surface area contributed by atoms with E-state index >= 15 is 0 Å². The van der Waals surface area contributed by atoms with Gasteiger partial charge in [0.25, 0.3) is 5.91 Å². The van der Waals surface area contributed by atoms with E-state index in [9.17, 15) is 13.2 Å². The van der Waals surface area contributed by atoms with Gasteiger partial charge in [0.05, 0.1) is 53.2 Å². The number of fused-ring (bicyclic) bond motifs is 1. The molecule has 1 saturated carbocycles. The molecular formula is C21H23N5O4S. The SMILES string of the molecule is COc1ccc(NC(=O)c2cc(C3CC3)nc3c2c(C)nn3[C@@H]2CCS(=O)(=O)C2)cn1. The average molecular weight is 442 g/mol. The van der Waals surface area contributed by atoms with E-state index in [0.29, 0.717) is 46.2 Å². The molecule has 0 radical (unpaired) electrons. The van der Waals surface area contributed by atoms with Crippen LogP contribution in [0, 0.1) is 6.92 Å². The molecule has 0 spiro atoms.